The maximum atomic E-state index is 12.6. The van der Waals surface area contributed by atoms with E-state index in [0.29, 0.717) is 25.9 Å². The Morgan fingerprint density at radius 1 is 1.32 bits per heavy atom. The lowest BCUT2D eigenvalue weighted by molar-refractivity contribution is -0.136. The van der Waals surface area contributed by atoms with Crippen LogP contribution in [0.15, 0.2) is 30.5 Å². The smallest absolute Gasteiger partial charge is 0.242 e. The van der Waals surface area contributed by atoms with Crippen molar-refractivity contribution in [2.24, 2.45) is 0 Å². The van der Waals surface area contributed by atoms with E-state index in [1.54, 1.807) is 4.90 Å². The van der Waals surface area contributed by atoms with Crippen LogP contribution in [0.25, 0.3) is 10.9 Å². The van der Waals surface area contributed by atoms with E-state index in [1.807, 2.05) is 30.5 Å². The first-order valence-electron chi connectivity index (χ1n) is 8.96. The monoisotopic (exact) mass is 341 g/mol. The molecular weight excluding hydrogens is 318 g/mol. The lowest BCUT2D eigenvalue weighted by Crippen LogP contribution is -2.46. The molecule has 2 aliphatic heterocycles. The molecule has 25 heavy (non-hydrogen) atoms. The summed E-state index contributed by atoms with van der Waals surface area (Å²) in [5.41, 5.74) is 2.09. The van der Waals surface area contributed by atoms with Crippen molar-refractivity contribution in [3.63, 3.8) is 0 Å². The molecule has 3 heterocycles. The fourth-order valence-electron chi connectivity index (χ4n) is 3.79. The minimum absolute atomic E-state index is 0.0440. The molecule has 2 N–H and O–H groups in total. The number of carbonyl (C=O) groups is 2. The number of ether oxygens (including phenoxy) is 1. The largest absolute Gasteiger partial charge is 0.376 e. The summed E-state index contributed by atoms with van der Waals surface area (Å²) in [4.78, 5) is 29.8. The number of nitrogens with zero attached hydrogens (tertiary/aromatic N) is 1. The van der Waals surface area contributed by atoms with E-state index in [9.17, 15) is 9.59 Å². The van der Waals surface area contributed by atoms with Crippen LogP contribution in [0.1, 0.15) is 31.2 Å². The van der Waals surface area contributed by atoms with E-state index in [-0.39, 0.29) is 24.0 Å². The van der Waals surface area contributed by atoms with Crippen LogP contribution in [0.5, 0.6) is 0 Å². The van der Waals surface area contributed by atoms with Gasteiger partial charge in [0.1, 0.15) is 6.04 Å². The van der Waals surface area contributed by atoms with Crippen molar-refractivity contribution in [3.05, 3.63) is 36.0 Å². The van der Waals surface area contributed by atoms with E-state index in [1.165, 1.54) is 0 Å². The Hall–Kier alpha value is -2.34. The van der Waals surface area contributed by atoms with Gasteiger partial charge in [0, 0.05) is 43.2 Å². The highest BCUT2D eigenvalue weighted by atomic mass is 16.5. The van der Waals surface area contributed by atoms with Crippen LogP contribution < -0.4 is 5.32 Å². The zero-order valence-electron chi connectivity index (χ0n) is 14.2. The van der Waals surface area contributed by atoms with E-state index < -0.39 is 0 Å². The molecule has 2 saturated heterocycles. The quantitative estimate of drug-likeness (QED) is 0.873. The fourth-order valence-corrected chi connectivity index (χ4v) is 3.79. The maximum absolute atomic E-state index is 12.6. The molecule has 1 aromatic heterocycles. The predicted molar refractivity (Wildman–Crippen MR) is 93.9 cm³/mol. The Balaban J connectivity index is 1.45. The number of H-pyrrole nitrogens is 1. The van der Waals surface area contributed by atoms with Gasteiger partial charge < -0.3 is 19.9 Å². The third-order valence-electron chi connectivity index (χ3n) is 5.17. The van der Waals surface area contributed by atoms with Gasteiger partial charge in [-0.1, -0.05) is 18.2 Å². The van der Waals surface area contributed by atoms with Crippen LogP contribution in [0.4, 0.5) is 0 Å². The summed E-state index contributed by atoms with van der Waals surface area (Å²) in [5.74, 6) is -0.0243. The van der Waals surface area contributed by atoms with E-state index >= 15 is 0 Å². The summed E-state index contributed by atoms with van der Waals surface area (Å²) >= 11 is 0. The van der Waals surface area contributed by atoms with Gasteiger partial charge >= 0.3 is 0 Å². The van der Waals surface area contributed by atoms with Gasteiger partial charge in [0.2, 0.25) is 11.8 Å². The van der Waals surface area contributed by atoms with Gasteiger partial charge in [-0.25, -0.2) is 0 Å². The van der Waals surface area contributed by atoms with Crippen molar-refractivity contribution in [1.29, 1.82) is 0 Å². The topological polar surface area (TPSA) is 74.4 Å². The zero-order chi connectivity index (χ0) is 17.2. The number of hydrogen-bond donors (Lipinski definition) is 2. The molecule has 2 fully saturated rings. The van der Waals surface area contributed by atoms with Crippen LogP contribution in [0.2, 0.25) is 0 Å². The van der Waals surface area contributed by atoms with Crippen molar-refractivity contribution >= 4 is 22.7 Å². The van der Waals surface area contributed by atoms with Crippen LogP contribution in [-0.4, -0.2) is 47.0 Å². The van der Waals surface area contributed by atoms with Gasteiger partial charge in [-0.3, -0.25) is 9.59 Å². The van der Waals surface area contributed by atoms with E-state index in [0.717, 1.165) is 35.9 Å². The number of fused-ring (bicyclic) bond motifs is 1. The Bertz CT molecular complexity index is 779. The van der Waals surface area contributed by atoms with Crippen LogP contribution in [-0.2, 0) is 20.9 Å². The van der Waals surface area contributed by atoms with Crippen molar-refractivity contribution in [2.45, 2.75) is 44.4 Å². The molecule has 0 radical (unpaired) electrons. The molecule has 1 aromatic carbocycles. The summed E-state index contributed by atoms with van der Waals surface area (Å²) in [5, 5.41) is 4.07. The SMILES string of the molecule is O=C(NC[C@@H]1CCCO1)[C@H]1CCC(=O)N1Cc1c[nH]c2ccccc12. The standard InChI is InChI=1S/C19H23N3O3/c23-18-8-7-17(19(24)21-11-14-4-3-9-25-14)22(18)12-13-10-20-16-6-2-1-5-15(13)16/h1-2,5-6,10,14,17,20H,3-4,7-9,11-12H2,(H,21,24)/t14-,17+/m0/s1. The van der Waals surface area contributed by atoms with Crippen molar-refractivity contribution in [2.75, 3.05) is 13.2 Å². The maximum Gasteiger partial charge on any atom is 0.242 e. The highest BCUT2D eigenvalue weighted by Crippen LogP contribution is 2.25. The fraction of sp³-hybridized carbons (Fsp3) is 0.474. The second-order valence-corrected chi connectivity index (χ2v) is 6.82. The van der Waals surface area contributed by atoms with Gasteiger partial charge in [-0.2, -0.15) is 0 Å². The molecule has 0 aliphatic carbocycles. The average Bonchev–Trinajstić information content (AvgIpc) is 3.35. The molecule has 0 bridgehead atoms. The summed E-state index contributed by atoms with van der Waals surface area (Å²) < 4.78 is 5.55. The molecule has 0 unspecified atom stereocenters. The lowest BCUT2D eigenvalue weighted by Gasteiger charge is -2.24. The molecule has 0 saturated carbocycles. The third-order valence-corrected chi connectivity index (χ3v) is 5.17. The first-order chi connectivity index (χ1) is 12.2. The minimum Gasteiger partial charge on any atom is -0.376 e. The second-order valence-electron chi connectivity index (χ2n) is 6.82. The average molecular weight is 341 g/mol. The molecular formula is C19H23N3O3. The Morgan fingerprint density at radius 2 is 2.20 bits per heavy atom. The number of benzene rings is 1. The summed E-state index contributed by atoms with van der Waals surface area (Å²) in [7, 11) is 0. The summed E-state index contributed by atoms with van der Waals surface area (Å²) in [6, 6.07) is 7.62. The van der Waals surface area contributed by atoms with Gasteiger partial charge in [-0.15, -0.1) is 0 Å². The number of aromatic amines is 1. The minimum atomic E-state index is -0.387. The summed E-state index contributed by atoms with van der Waals surface area (Å²) in [6.07, 6.45) is 5.09. The normalized spacial score (nSPS) is 23.5. The Morgan fingerprint density at radius 3 is 3.04 bits per heavy atom. The van der Waals surface area contributed by atoms with Crippen molar-refractivity contribution in [1.82, 2.24) is 15.2 Å². The Kier molecular flexibility index (Phi) is 4.44. The number of aromatic nitrogens is 1. The molecule has 4 rings (SSSR count). The lowest BCUT2D eigenvalue weighted by atomic mass is 10.1. The first-order valence-corrected chi connectivity index (χ1v) is 8.96. The van der Waals surface area contributed by atoms with E-state index in [4.69, 9.17) is 4.74 Å². The zero-order valence-corrected chi connectivity index (χ0v) is 14.2. The van der Waals surface area contributed by atoms with Crippen molar-refractivity contribution in [3.8, 4) is 0 Å². The van der Waals surface area contributed by atoms with Gasteiger partial charge in [0.25, 0.3) is 0 Å². The number of likely N-dealkylation sites (tertiary alicyclic amines) is 1. The number of amides is 2. The number of nitrogens with one attached hydrogen (secondary N) is 2. The highest BCUT2D eigenvalue weighted by Gasteiger charge is 2.36. The second kappa shape index (κ2) is 6.88. The number of para-hydroxylation sites is 1. The van der Waals surface area contributed by atoms with Gasteiger partial charge in [0.05, 0.1) is 6.10 Å². The summed E-state index contributed by atoms with van der Waals surface area (Å²) in [6.45, 7) is 1.76. The molecule has 2 amide bonds. The van der Waals surface area contributed by atoms with Gasteiger partial charge in [-0.05, 0) is 30.9 Å². The van der Waals surface area contributed by atoms with Crippen LogP contribution in [0.3, 0.4) is 0 Å². The van der Waals surface area contributed by atoms with E-state index in [2.05, 4.69) is 10.3 Å². The number of hydrogen-bond acceptors (Lipinski definition) is 3. The number of carbonyl (C=O) groups excluding carboxylic acids is 2. The molecule has 2 aliphatic rings. The number of rotatable bonds is 5. The first kappa shape index (κ1) is 16.1. The molecule has 2 atom stereocenters. The molecule has 6 nitrogen and oxygen atoms in total. The molecule has 132 valence electrons. The third kappa shape index (κ3) is 3.26. The van der Waals surface area contributed by atoms with Crippen molar-refractivity contribution < 1.29 is 14.3 Å². The predicted octanol–water partition coefficient (Wildman–Crippen LogP) is 1.95. The Labute approximate surface area is 146 Å². The molecule has 0 spiro atoms. The van der Waals surface area contributed by atoms with Gasteiger partial charge in [0.15, 0.2) is 0 Å². The van der Waals surface area contributed by atoms with Crippen LogP contribution in [0, 0.1) is 0 Å². The molecule has 2 aromatic rings. The van der Waals surface area contributed by atoms with Crippen LogP contribution >= 0.6 is 0 Å². The highest BCUT2D eigenvalue weighted by molar-refractivity contribution is 5.91. The molecule has 6 heteroatoms.